The number of esters is 1. The minimum Gasteiger partial charge on any atom is -0.462 e. The molecule has 0 saturated heterocycles. The number of rotatable bonds is 5. The van der Waals surface area contributed by atoms with Crippen LogP contribution in [0.3, 0.4) is 0 Å². The molecule has 0 bridgehead atoms. The van der Waals surface area contributed by atoms with E-state index >= 15 is 0 Å². The standard InChI is InChI=1S/C12H21NO3/c1-4-15-10-6-5-9(11(10)13)12(14)16-7-8(2)3/h8,10H,4-7,13H2,1-3H3. The third kappa shape index (κ3) is 3.23. The Morgan fingerprint density at radius 2 is 2.25 bits per heavy atom. The lowest BCUT2D eigenvalue weighted by molar-refractivity contribution is -0.140. The van der Waals surface area contributed by atoms with Gasteiger partial charge in [-0.15, -0.1) is 0 Å². The van der Waals surface area contributed by atoms with Crippen LogP contribution in [0.4, 0.5) is 0 Å². The Morgan fingerprint density at radius 3 is 2.81 bits per heavy atom. The van der Waals surface area contributed by atoms with E-state index in [4.69, 9.17) is 15.2 Å². The van der Waals surface area contributed by atoms with Gasteiger partial charge in [0.1, 0.15) is 0 Å². The molecule has 1 aliphatic carbocycles. The molecule has 4 heteroatoms. The van der Waals surface area contributed by atoms with E-state index in [2.05, 4.69) is 0 Å². The molecule has 1 aliphatic rings. The molecule has 0 aromatic rings. The van der Waals surface area contributed by atoms with Crippen molar-refractivity contribution in [1.82, 2.24) is 0 Å². The van der Waals surface area contributed by atoms with Gasteiger partial charge in [-0.3, -0.25) is 0 Å². The molecule has 4 nitrogen and oxygen atoms in total. The van der Waals surface area contributed by atoms with Gasteiger partial charge in [-0.1, -0.05) is 13.8 Å². The van der Waals surface area contributed by atoms with Crippen LogP contribution in [0.25, 0.3) is 0 Å². The molecule has 1 rings (SSSR count). The van der Waals surface area contributed by atoms with E-state index in [0.717, 1.165) is 6.42 Å². The molecular formula is C12H21NO3. The fourth-order valence-electron chi connectivity index (χ4n) is 1.69. The highest BCUT2D eigenvalue weighted by molar-refractivity contribution is 5.90. The SMILES string of the molecule is CCOC1CCC(C(=O)OCC(C)C)=C1N. The van der Waals surface area contributed by atoms with Gasteiger partial charge in [0, 0.05) is 12.3 Å². The maximum atomic E-state index is 11.7. The van der Waals surface area contributed by atoms with Crippen LogP contribution in [0.2, 0.25) is 0 Å². The first-order chi connectivity index (χ1) is 7.56. The minimum absolute atomic E-state index is 0.105. The lowest BCUT2D eigenvalue weighted by Crippen LogP contribution is -2.20. The van der Waals surface area contributed by atoms with E-state index in [1.807, 2.05) is 20.8 Å². The van der Waals surface area contributed by atoms with Crippen LogP contribution in [0.1, 0.15) is 33.6 Å². The van der Waals surface area contributed by atoms with Crippen molar-refractivity contribution in [1.29, 1.82) is 0 Å². The highest BCUT2D eigenvalue weighted by Gasteiger charge is 2.28. The van der Waals surface area contributed by atoms with Gasteiger partial charge in [0.25, 0.3) is 0 Å². The van der Waals surface area contributed by atoms with Gasteiger partial charge < -0.3 is 15.2 Å². The summed E-state index contributed by atoms with van der Waals surface area (Å²) in [6.45, 7) is 6.97. The first-order valence-electron chi connectivity index (χ1n) is 5.83. The van der Waals surface area contributed by atoms with Gasteiger partial charge >= 0.3 is 5.97 Å². The van der Waals surface area contributed by atoms with Crippen molar-refractivity contribution in [2.75, 3.05) is 13.2 Å². The van der Waals surface area contributed by atoms with Crippen molar-refractivity contribution in [3.8, 4) is 0 Å². The van der Waals surface area contributed by atoms with Crippen LogP contribution in [-0.2, 0) is 14.3 Å². The Morgan fingerprint density at radius 1 is 1.56 bits per heavy atom. The minimum atomic E-state index is -0.284. The summed E-state index contributed by atoms with van der Waals surface area (Å²) in [7, 11) is 0. The second-order valence-corrected chi connectivity index (χ2v) is 4.41. The quantitative estimate of drug-likeness (QED) is 0.725. The Kier molecular flexibility index (Phi) is 4.80. The van der Waals surface area contributed by atoms with Crippen molar-refractivity contribution >= 4 is 5.97 Å². The summed E-state index contributed by atoms with van der Waals surface area (Å²) >= 11 is 0. The average Bonchev–Trinajstić information content (AvgIpc) is 2.58. The molecule has 0 aromatic heterocycles. The smallest absolute Gasteiger partial charge is 0.335 e. The molecule has 0 saturated carbocycles. The molecule has 2 N–H and O–H groups in total. The lowest BCUT2D eigenvalue weighted by Gasteiger charge is -2.11. The van der Waals surface area contributed by atoms with Gasteiger partial charge in [-0.05, 0) is 25.7 Å². The summed E-state index contributed by atoms with van der Waals surface area (Å²) in [6.07, 6.45) is 1.34. The largest absolute Gasteiger partial charge is 0.462 e. The first kappa shape index (κ1) is 13.0. The van der Waals surface area contributed by atoms with E-state index in [-0.39, 0.29) is 12.1 Å². The summed E-state index contributed by atoms with van der Waals surface area (Å²) in [5, 5.41) is 0. The summed E-state index contributed by atoms with van der Waals surface area (Å²) in [6, 6.07) is 0. The van der Waals surface area contributed by atoms with E-state index in [0.29, 0.717) is 36.8 Å². The number of carbonyl (C=O) groups is 1. The Labute approximate surface area is 96.8 Å². The zero-order valence-corrected chi connectivity index (χ0v) is 10.3. The van der Waals surface area contributed by atoms with Crippen LogP contribution >= 0.6 is 0 Å². The van der Waals surface area contributed by atoms with Crippen LogP contribution in [0.15, 0.2) is 11.3 Å². The number of ether oxygens (including phenoxy) is 2. The second kappa shape index (κ2) is 5.89. The van der Waals surface area contributed by atoms with Crippen molar-refractivity contribution in [2.45, 2.75) is 39.7 Å². The van der Waals surface area contributed by atoms with Gasteiger partial charge in [-0.2, -0.15) is 0 Å². The first-order valence-corrected chi connectivity index (χ1v) is 5.83. The molecule has 16 heavy (non-hydrogen) atoms. The fraction of sp³-hybridized carbons (Fsp3) is 0.750. The van der Waals surface area contributed by atoms with Gasteiger partial charge in [0.2, 0.25) is 0 Å². The Hall–Kier alpha value is -1.03. The third-order valence-corrected chi connectivity index (χ3v) is 2.51. The number of hydrogen-bond acceptors (Lipinski definition) is 4. The molecule has 92 valence electrons. The Bertz CT molecular complexity index is 284. The number of nitrogens with two attached hydrogens (primary N) is 1. The second-order valence-electron chi connectivity index (χ2n) is 4.41. The highest BCUT2D eigenvalue weighted by Crippen LogP contribution is 2.26. The van der Waals surface area contributed by atoms with Gasteiger partial charge in [0.15, 0.2) is 0 Å². The molecule has 0 fully saturated rings. The average molecular weight is 227 g/mol. The van der Waals surface area contributed by atoms with Crippen LogP contribution < -0.4 is 5.73 Å². The van der Waals surface area contributed by atoms with Crippen LogP contribution in [-0.4, -0.2) is 25.3 Å². The van der Waals surface area contributed by atoms with E-state index in [9.17, 15) is 4.79 Å². The summed E-state index contributed by atoms with van der Waals surface area (Å²) in [5.41, 5.74) is 7.02. The topological polar surface area (TPSA) is 61.5 Å². The zero-order valence-electron chi connectivity index (χ0n) is 10.3. The molecule has 0 heterocycles. The van der Waals surface area contributed by atoms with Crippen LogP contribution in [0.5, 0.6) is 0 Å². The zero-order chi connectivity index (χ0) is 12.1. The molecule has 0 aromatic carbocycles. The normalized spacial score (nSPS) is 20.6. The predicted octanol–water partition coefficient (Wildman–Crippen LogP) is 1.60. The van der Waals surface area contributed by atoms with Crippen molar-refractivity contribution < 1.29 is 14.3 Å². The molecule has 0 amide bonds. The van der Waals surface area contributed by atoms with Crippen LogP contribution in [0, 0.1) is 5.92 Å². The summed E-state index contributed by atoms with van der Waals surface area (Å²) < 4.78 is 10.6. The van der Waals surface area contributed by atoms with E-state index in [1.54, 1.807) is 0 Å². The van der Waals surface area contributed by atoms with Crippen molar-refractivity contribution in [3.63, 3.8) is 0 Å². The fourth-order valence-corrected chi connectivity index (χ4v) is 1.69. The molecule has 0 spiro atoms. The molecule has 1 unspecified atom stereocenters. The maximum absolute atomic E-state index is 11.7. The summed E-state index contributed by atoms with van der Waals surface area (Å²) in [5.74, 6) is 0.0586. The molecule has 1 atom stereocenters. The van der Waals surface area contributed by atoms with E-state index < -0.39 is 0 Å². The van der Waals surface area contributed by atoms with Gasteiger partial charge in [0.05, 0.1) is 18.3 Å². The highest BCUT2D eigenvalue weighted by atomic mass is 16.5. The maximum Gasteiger partial charge on any atom is 0.335 e. The monoisotopic (exact) mass is 227 g/mol. The third-order valence-electron chi connectivity index (χ3n) is 2.51. The molecule has 0 radical (unpaired) electrons. The number of carbonyl (C=O) groups excluding carboxylic acids is 1. The lowest BCUT2D eigenvalue weighted by atomic mass is 10.2. The Balaban J connectivity index is 2.55. The molecular weight excluding hydrogens is 206 g/mol. The number of hydrogen-bond donors (Lipinski definition) is 1. The summed E-state index contributed by atoms with van der Waals surface area (Å²) in [4.78, 5) is 11.7. The van der Waals surface area contributed by atoms with Crippen molar-refractivity contribution in [2.24, 2.45) is 11.7 Å². The van der Waals surface area contributed by atoms with Gasteiger partial charge in [-0.25, -0.2) is 4.79 Å². The van der Waals surface area contributed by atoms with Crippen molar-refractivity contribution in [3.05, 3.63) is 11.3 Å². The molecule has 0 aliphatic heterocycles. The van der Waals surface area contributed by atoms with E-state index in [1.165, 1.54) is 0 Å². The predicted molar refractivity (Wildman–Crippen MR) is 61.7 cm³/mol.